The molecule has 36 heavy (non-hydrogen) atoms. The fourth-order valence-electron chi connectivity index (χ4n) is 4.62. The smallest absolute Gasteiger partial charge is 0.416 e. The minimum absolute atomic E-state index is 0.0388. The van der Waals surface area contributed by atoms with E-state index in [9.17, 15) is 18.3 Å². The number of nitrogens with two attached hydrogens (primary N) is 1. The summed E-state index contributed by atoms with van der Waals surface area (Å²) >= 11 is 5.95. The highest BCUT2D eigenvalue weighted by molar-refractivity contribution is 6.30. The molecule has 11 heteroatoms. The van der Waals surface area contributed by atoms with Crippen LogP contribution in [0.4, 0.5) is 19.0 Å². The summed E-state index contributed by atoms with van der Waals surface area (Å²) in [7, 11) is 0. The van der Waals surface area contributed by atoms with Gasteiger partial charge in [0.15, 0.2) is 11.6 Å². The fourth-order valence-corrected chi connectivity index (χ4v) is 4.80. The average molecular weight is 522 g/mol. The zero-order valence-corrected chi connectivity index (χ0v) is 19.8. The third kappa shape index (κ3) is 4.73. The molecule has 3 aromatic rings. The van der Waals surface area contributed by atoms with Gasteiger partial charge < -0.3 is 25.1 Å². The number of hydrogen-bond acceptors (Lipinski definition) is 7. The van der Waals surface area contributed by atoms with Crippen LogP contribution in [0.25, 0.3) is 11.1 Å². The number of aliphatic hydroxyl groups is 1. The Morgan fingerprint density at radius 3 is 2.53 bits per heavy atom. The van der Waals surface area contributed by atoms with Crippen molar-refractivity contribution < 1.29 is 32.5 Å². The van der Waals surface area contributed by atoms with Gasteiger partial charge in [0.1, 0.15) is 18.3 Å². The van der Waals surface area contributed by atoms with E-state index in [2.05, 4.69) is 9.97 Å². The second-order valence-corrected chi connectivity index (χ2v) is 9.27. The van der Waals surface area contributed by atoms with E-state index >= 15 is 0 Å². The Morgan fingerprint density at radius 1 is 1.06 bits per heavy atom. The third-order valence-electron chi connectivity index (χ3n) is 6.47. The van der Waals surface area contributed by atoms with Crippen LogP contribution < -0.4 is 10.5 Å². The summed E-state index contributed by atoms with van der Waals surface area (Å²) in [6.07, 6.45) is -3.61. The van der Waals surface area contributed by atoms with E-state index in [0.717, 1.165) is 11.8 Å². The molecule has 4 heterocycles. The summed E-state index contributed by atoms with van der Waals surface area (Å²) in [5, 5.41) is 10.1. The Morgan fingerprint density at radius 2 is 1.81 bits per heavy atom. The summed E-state index contributed by atoms with van der Waals surface area (Å²) in [5.74, 6) is 0.0837. The molecular formula is C25H23ClF3N3O4. The van der Waals surface area contributed by atoms with Crippen molar-refractivity contribution >= 4 is 17.4 Å². The van der Waals surface area contributed by atoms with Crippen LogP contribution in [-0.4, -0.2) is 46.6 Å². The first-order valence-electron chi connectivity index (χ1n) is 11.3. The lowest BCUT2D eigenvalue weighted by molar-refractivity contribution is -0.138. The molecular weight excluding hydrogens is 499 g/mol. The molecule has 0 saturated carbocycles. The molecule has 1 aromatic carbocycles. The van der Waals surface area contributed by atoms with Crippen molar-refractivity contribution in [2.45, 2.75) is 43.4 Å². The minimum Gasteiger partial charge on any atom is -0.482 e. The van der Waals surface area contributed by atoms with Crippen molar-refractivity contribution in [1.29, 1.82) is 0 Å². The van der Waals surface area contributed by atoms with Gasteiger partial charge in [-0.15, -0.1) is 0 Å². The molecule has 2 aliphatic heterocycles. The van der Waals surface area contributed by atoms with Crippen molar-refractivity contribution in [1.82, 2.24) is 9.97 Å². The summed E-state index contributed by atoms with van der Waals surface area (Å²) in [6.45, 7) is 2.13. The lowest BCUT2D eigenvalue weighted by atomic mass is 9.96. The molecule has 0 aliphatic carbocycles. The number of aromatic nitrogens is 2. The zero-order valence-electron chi connectivity index (χ0n) is 19.1. The van der Waals surface area contributed by atoms with Crippen LogP contribution in [-0.2, 0) is 15.7 Å². The average Bonchev–Trinajstić information content (AvgIpc) is 3.42. The van der Waals surface area contributed by atoms with Gasteiger partial charge in [-0.2, -0.15) is 13.2 Å². The number of pyridine rings is 2. The number of anilines is 1. The van der Waals surface area contributed by atoms with Gasteiger partial charge in [-0.3, -0.25) is 4.98 Å². The van der Waals surface area contributed by atoms with E-state index in [1.165, 1.54) is 25.3 Å². The van der Waals surface area contributed by atoms with Crippen molar-refractivity contribution in [3.8, 4) is 16.9 Å². The molecule has 5 atom stereocenters. The van der Waals surface area contributed by atoms with Crippen molar-refractivity contribution in [3.63, 3.8) is 0 Å². The van der Waals surface area contributed by atoms with Crippen LogP contribution in [0, 0.1) is 0 Å². The number of rotatable bonds is 5. The van der Waals surface area contributed by atoms with Crippen molar-refractivity contribution in [3.05, 3.63) is 70.6 Å². The predicted molar refractivity (Wildman–Crippen MR) is 126 cm³/mol. The molecule has 190 valence electrons. The minimum atomic E-state index is -4.57. The van der Waals surface area contributed by atoms with E-state index in [1.807, 2.05) is 12.1 Å². The van der Waals surface area contributed by atoms with Gasteiger partial charge >= 0.3 is 6.18 Å². The van der Waals surface area contributed by atoms with Crippen LogP contribution in [0.5, 0.6) is 5.75 Å². The van der Waals surface area contributed by atoms with E-state index in [0.29, 0.717) is 17.7 Å². The van der Waals surface area contributed by atoms with Gasteiger partial charge in [-0.05, 0) is 37.3 Å². The molecule has 2 saturated heterocycles. The van der Waals surface area contributed by atoms with E-state index in [-0.39, 0.29) is 46.9 Å². The fraction of sp³-hybridized carbons (Fsp3) is 0.360. The molecule has 7 nitrogen and oxygen atoms in total. The Hall–Kier alpha value is -2.92. The third-order valence-corrected chi connectivity index (χ3v) is 6.70. The normalized spacial score (nSPS) is 24.5. The number of benzene rings is 1. The van der Waals surface area contributed by atoms with Crippen LogP contribution >= 0.6 is 11.6 Å². The highest BCUT2D eigenvalue weighted by atomic mass is 35.5. The molecule has 0 radical (unpaired) electrons. The quantitative estimate of drug-likeness (QED) is 0.498. The van der Waals surface area contributed by atoms with Crippen molar-refractivity contribution in [2.24, 2.45) is 0 Å². The monoisotopic (exact) mass is 521 g/mol. The standard InChI is InChI=1S/C25H23ClF3N3O4/c1-12(16-7-15(26)3-4-18(16)25(27,28)29)36-21-6-14(9-32-24(21)30)13-2-5-19(31-8-13)17-10-34-23-20(33)11-35-22(17)23/h2-9,12,17,20,22-23,33H,10-11H2,1H3,(H2,30,32)/t12?,17?,20-,22-,23-/m1/s1. The topological polar surface area (TPSA) is 99.7 Å². The maximum Gasteiger partial charge on any atom is 0.416 e. The first-order chi connectivity index (χ1) is 17.1. The first-order valence-corrected chi connectivity index (χ1v) is 11.7. The summed E-state index contributed by atoms with van der Waals surface area (Å²) in [4.78, 5) is 8.70. The van der Waals surface area contributed by atoms with Crippen LogP contribution in [0.3, 0.4) is 0 Å². The Balaban J connectivity index is 1.37. The van der Waals surface area contributed by atoms with Crippen molar-refractivity contribution in [2.75, 3.05) is 18.9 Å². The number of hydrogen-bond donors (Lipinski definition) is 2. The van der Waals surface area contributed by atoms with E-state index < -0.39 is 23.9 Å². The molecule has 2 fully saturated rings. The summed E-state index contributed by atoms with van der Waals surface area (Å²) in [5.41, 5.74) is 7.13. The molecule has 3 N–H and O–H groups in total. The largest absolute Gasteiger partial charge is 0.482 e. The SMILES string of the molecule is CC(Oc1cc(-c2ccc(C3CO[C@@H]4[C@H](O)CO[C@H]34)nc2)cnc1N)c1cc(Cl)ccc1C(F)(F)F. The molecule has 2 aromatic heterocycles. The van der Waals surface area contributed by atoms with E-state index in [1.54, 1.807) is 12.3 Å². The number of fused-ring (bicyclic) bond motifs is 1. The number of alkyl halides is 3. The van der Waals surface area contributed by atoms with Crippen LogP contribution in [0.1, 0.15) is 35.8 Å². The number of ether oxygens (including phenoxy) is 3. The molecule has 2 unspecified atom stereocenters. The zero-order chi connectivity index (χ0) is 25.6. The molecule has 0 amide bonds. The van der Waals surface area contributed by atoms with Gasteiger partial charge in [-0.1, -0.05) is 17.7 Å². The van der Waals surface area contributed by atoms with E-state index in [4.69, 9.17) is 31.5 Å². The van der Waals surface area contributed by atoms with Gasteiger partial charge in [0.05, 0.1) is 30.8 Å². The Bertz CT molecular complexity index is 1260. The maximum atomic E-state index is 13.5. The summed E-state index contributed by atoms with van der Waals surface area (Å²) < 4.78 is 57.7. The highest BCUT2D eigenvalue weighted by Gasteiger charge is 2.48. The van der Waals surface area contributed by atoms with Gasteiger partial charge in [0.25, 0.3) is 0 Å². The van der Waals surface area contributed by atoms with Gasteiger partial charge in [0, 0.05) is 39.8 Å². The molecule has 2 aliphatic rings. The lowest BCUT2D eigenvalue weighted by Crippen LogP contribution is -2.28. The van der Waals surface area contributed by atoms with Crippen LogP contribution in [0.15, 0.2) is 48.8 Å². The maximum absolute atomic E-state index is 13.5. The number of nitrogen functional groups attached to an aromatic ring is 1. The Labute approximate surface area is 210 Å². The van der Waals surface area contributed by atoms with Crippen LogP contribution in [0.2, 0.25) is 5.02 Å². The molecule has 0 bridgehead atoms. The molecule has 5 rings (SSSR count). The number of aliphatic hydroxyl groups excluding tert-OH is 1. The second-order valence-electron chi connectivity index (χ2n) is 8.84. The molecule has 0 spiro atoms. The second kappa shape index (κ2) is 9.51. The first kappa shape index (κ1) is 24.8. The number of nitrogens with zero attached hydrogens (tertiary/aromatic N) is 2. The lowest BCUT2D eigenvalue weighted by Gasteiger charge is -2.21. The predicted octanol–water partition coefficient (Wildman–Crippen LogP) is 4.78. The highest BCUT2D eigenvalue weighted by Crippen LogP contribution is 2.39. The van der Waals surface area contributed by atoms with Gasteiger partial charge in [0.2, 0.25) is 0 Å². The van der Waals surface area contributed by atoms with Gasteiger partial charge in [-0.25, -0.2) is 4.98 Å². The number of halogens is 4. The summed E-state index contributed by atoms with van der Waals surface area (Å²) in [6, 6.07) is 8.65. The Kier molecular flexibility index (Phi) is 6.54.